The molecule has 4 rings (SSSR count). The van der Waals surface area contributed by atoms with Crippen LogP contribution in [0.1, 0.15) is 22.5 Å². The molecule has 0 aliphatic carbocycles. The van der Waals surface area contributed by atoms with Gasteiger partial charge in [0.1, 0.15) is 6.54 Å². The van der Waals surface area contributed by atoms with Crippen LogP contribution in [0.2, 0.25) is 0 Å². The molecular weight excluding hydrogens is 358 g/mol. The lowest BCUT2D eigenvalue weighted by atomic mass is 10.1. The topological polar surface area (TPSA) is 54.3 Å². The second kappa shape index (κ2) is 6.96. The minimum Gasteiger partial charge on any atom is -0.345 e. The molecule has 1 aliphatic rings. The average molecular weight is 384 g/mol. The monoisotopic (exact) mass is 383 g/mol. The lowest BCUT2D eigenvalue weighted by molar-refractivity contribution is -0.132. The SMILES string of the molecule is Cc1cc(C)c2nc(N3CCN(C(=O)Cn4nc(C)cc4C)CC3)sc2c1. The molecule has 7 heteroatoms. The van der Waals surface area contributed by atoms with Gasteiger partial charge < -0.3 is 9.80 Å². The standard InChI is InChI=1S/C20H25N5OS/c1-13-9-14(2)19-17(10-13)27-20(21-19)24-7-5-23(6-8-24)18(26)12-25-16(4)11-15(3)22-25/h9-11H,5-8,12H2,1-4H3. The van der Waals surface area contributed by atoms with Gasteiger partial charge in [-0.05, 0) is 51.0 Å². The van der Waals surface area contributed by atoms with Crippen molar-refractivity contribution >= 4 is 32.6 Å². The highest BCUT2D eigenvalue weighted by Gasteiger charge is 2.24. The van der Waals surface area contributed by atoms with E-state index in [1.54, 1.807) is 16.0 Å². The van der Waals surface area contributed by atoms with Crippen molar-refractivity contribution in [1.29, 1.82) is 0 Å². The van der Waals surface area contributed by atoms with E-state index in [1.165, 1.54) is 15.8 Å². The van der Waals surface area contributed by atoms with Crippen LogP contribution < -0.4 is 4.90 Å². The van der Waals surface area contributed by atoms with Gasteiger partial charge in [0.05, 0.1) is 15.9 Å². The summed E-state index contributed by atoms with van der Waals surface area (Å²) in [7, 11) is 0. The van der Waals surface area contributed by atoms with Crippen molar-refractivity contribution in [3.05, 3.63) is 40.7 Å². The molecule has 3 heterocycles. The highest BCUT2D eigenvalue weighted by Crippen LogP contribution is 2.32. The third kappa shape index (κ3) is 3.56. The predicted octanol–water partition coefficient (Wildman–Crippen LogP) is 3.08. The van der Waals surface area contributed by atoms with Crippen LogP contribution in [0.25, 0.3) is 10.2 Å². The third-order valence-electron chi connectivity index (χ3n) is 5.11. The molecular formula is C20H25N5OS. The Bertz CT molecular complexity index is 997. The number of amides is 1. The molecule has 0 radical (unpaired) electrons. The smallest absolute Gasteiger partial charge is 0.244 e. The van der Waals surface area contributed by atoms with Crippen LogP contribution in [0.15, 0.2) is 18.2 Å². The minimum absolute atomic E-state index is 0.136. The molecule has 142 valence electrons. The van der Waals surface area contributed by atoms with Gasteiger partial charge in [0.15, 0.2) is 5.13 Å². The number of carbonyl (C=O) groups is 1. The molecule has 1 aliphatic heterocycles. The van der Waals surface area contributed by atoms with E-state index in [9.17, 15) is 4.79 Å². The number of hydrogen-bond acceptors (Lipinski definition) is 5. The third-order valence-corrected chi connectivity index (χ3v) is 6.17. The molecule has 0 unspecified atom stereocenters. The van der Waals surface area contributed by atoms with Crippen LogP contribution >= 0.6 is 11.3 Å². The van der Waals surface area contributed by atoms with Crippen molar-refractivity contribution in [2.24, 2.45) is 0 Å². The zero-order valence-corrected chi connectivity index (χ0v) is 17.1. The van der Waals surface area contributed by atoms with Gasteiger partial charge in [-0.25, -0.2) is 4.98 Å². The Kier molecular flexibility index (Phi) is 4.63. The number of rotatable bonds is 3. The number of aromatic nitrogens is 3. The summed E-state index contributed by atoms with van der Waals surface area (Å²) in [6.07, 6.45) is 0. The number of nitrogens with zero attached hydrogens (tertiary/aromatic N) is 5. The Morgan fingerprint density at radius 1 is 1.07 bits per heavy atom. The Morgan fingerprint density at radius 2 is 1.81 bits per heavy atom. The maximum Gasteiger partial charge on any atom is 0.244 e. The highest BCUT2D eigenvalue weighted by molar-refractivity contribution is 7.22. The molecule has 0 spiro atoms. The Labute approximate surface area is 163 Å². The first-order valence-corrected chi connectivity index (χ1v) is 10.1. The second-order valence-electron chi connectivity index (χ2n) is 7.38. The van der Waals surface area contributed by atoms with Gasteiger partial charge in [-0.2, -0.15) is 5.10 Å². The molecule has 1 amide bonds. The molecule has 0 saturated carbocycles. The fourth-order valence-electron chi connectivity index (χ4n) is 3.70. The first-order chi connectivity index (χ1) is 12.9. The first kappa shape index (κ1) is 18.0. The summed E-state index contributed by atoms with van der Waals surface area (Å²) in [5.41, 5.74) is 5.58. The lowest BCUT2D eigenvalue weighted by Gasteiger charge is -2.34. The van der Waals surface area contributed by atoms with E-state index in [2.05, 4.69) is 36.0 Å². The zero-order chi connectivity index (χ0) is 19.1. The largest absolute Gasteiger partial charge is 0.345 e. The van der Waals surface area contributed by atoms with Crippen LogP contribution in [0.3, 0.4) is 0 Å². The predicted molar refractivity (Wildman–Crippen MR) is 110 cm³/mol. The maximum absolute atomic E-state index is 12.6. The molecule has 1 fully saturated rings. The number of anilines is 1. The van der Waals surface area contributed by atoms with Crippen molar-refractivity contribution in [2.75, 3.05) is 31.1 Å². The van der Waals surface area contributed by atoms with Gasteiger partial charge in [0, 0.05) is 31.9 Å². The number of fused-ring (bicyclic) bond motifs is 1. The summed E-state index contributed by atoms with van der Waals surface area (Å²) in [6.45, 7) is 11.6. The molecule has 0 N–H and O–H groups in total. The first-order valence-electron chi connectivity index (χ1n) is 9.32. The summed E-state index contributed by atoms with van der Waals surface area (Å²) >= 11 is 1.75. The van der Waals surface area contributed by atoms with Crippen molar-refractivity contribution < 1.29 is 4.79 Å². The molecule has 2 aromatic heterocycles. The van der Waals surface area contributed by atoms with E-state index in [0.717, 1.165) is 48.2 Å². The number of aryl methyl sites for hydroxylation is 4. The molecule has 0 atom stereocenters. The van der Waals surface area contributed by atoms with E-state index in [-0.39, 0.29) is 5.91 Å². The highest BCUT2D eigenvalue weighted by atomic mass is 32.1. The minimum atomic E-state index is 0.136. The van der Waals surface area contributed by atoms with E-state index in [1.807, 2.05) is 24.8 Å². The van der Waals surface area contributed by atoms with Crippen molar-refractivity contribution in [1.82, 2.24) is 19.7 Å². The molecule has 3 aromatic rings. The summed E-state index contributed by atoms with van der Waals surface area (Å²) in [4.78, 5) is 21.7. The number of benzene rings is 1. The second-order valence-corrected chi connectivity index (χ2v) is 8.39. The van der Waals surface area contributed by atoms with Crippen molar-refractivity contribution in [3.8, 4) is 0 Å². The van der Waals surface area contributed by atoms with Crippen molar-refractivity contribution in [3.63, 3.8) is 0 Å². The maximum atomic E-state index is 12.6. The molecule has 6 nitrogen and oxygen atoms in total. The Morgan fingerprint density at radius 3 is 2.48 bits per heavy atom. The van der Waals surface area contributed by atoms with E-state index < -0.39 is 0 Å². The van der Waals surface area contributed by atoms with Gasteiger partial charge in [0.2, 0.25) is 5.91 Å². The summed E-state index contributed by atoms with van der Waals surface area (Å²) in [5.74, 6) is 0.136. The van der Waals surface area contributed by atoms with Gasteiger partial charge >= 0.3 is 0 Å². The molecule has 1 saturated heterocycles. The van der Waals surface area contributed by atoms with Gasteiger partial charge in [-0.15, -0.1) is 0 Å². The van der Waals surface area contributed by atoms with E-state index in [0.29, 0.717) is 6.54 Å². The molecule has 0 bridgehead atoms. The average Bonchev–Trinajstić information content (AvgIpc) is 3.18. The van der Waals surface area contributed by atoms with Crippen LogP contribution in [-0.2, 0) is 11.3 Å². The quantitative estimate of drug-likeness (QED) is 0.697. The van der Waals surface area contributed by atoms with Gasteiger partial charge in [0.25, 0.3) is 0 Å². The van der Waals surface area contributed by atoms with E-state index in [4.69, 9.17) is 4.98 Å². The number of thiazole rings is 1. The molecule has 27 heavy (non-hydrogen) atoms. The normalized spacial score (nSPS) is 15.0. The summed E-state index contributed by atoms with van der Waals surface area (Å²) < 4.78 is 3.04. The van der Waals surface area contributed by atoms with Crippen LogP contribution in [0.4, 0.5) is 5.13 Å². The van der Waals surface area contributed by atoms with Gasteiger partial charge in [-0.3, -0.25) is 9.48 Å². The number of carbonyl (C=O) groups excluding carboxylic acids is 1. The van der Waals surface area contributed by atoms with E-state index >= 15 is 0 Å². The van der Waals surface area contributed by atoms with Crippen LogP contribution in [-0.4, -0.2) is 51.8 Å². The van der Waals surface area contributed by atoms with Crippen molar-refractivity contribution in [2.45, 2.75) is 34.2 Å². The number of piperazine rings is 1. The van der Waals surface area contributed by atoms with Crippen LogP contribution in [0, 0.1) is 27.7 Å². The van der Waals surface area contributed by atoms with Gasteiger partial charge in [-0.1, -0.05) is 17.4 Å². The Balaban J connectivity index is 1.42. The molecule has 1 aromatic carbocycles. The summed E-state index contributed by atoms with van der Waals surface area (Å²) in [6, 6.07) is 6.39. The lowest BCUT2D eigenvalue weighted by Crippen LogP contribution is -2.49. The fraction of sp³-hybridized carbons (Fsp3) is 0.450. The van der Waals surface area contributed by atoms with Crippen LogP contribution in [0.5, 0.6) is 0 Å². The fourth-order valence-corrected chi connectivity index (χ4v) is 4.90. The summed E-state index contributed by atoms with van der Waals surface area (Å²) in [5, 5.41) is 5.46. The number of hydrogen-bond donors (Lipinski definition) is 0. The Hall–Kier alpha value is -2.41. The zero-order valence-electron chi connectivity index (χ0n) is 16.3.